The second kappa shape index (κ2) is 6.68. The molecule has 0 aliphatic carbocycles. The highest BCUT2D eigenvalue weighted by Crippen LogP contribution is 2.26. The highest BCUT2D eigenvalue weighted by Gasteiger charge is 2.13. The van der Waals surface area contributed by atoms with E-state index >= 15 is 0 Å². The molecule has 20 heavy (non-hydrogen) atoms. The average Bonchev–Trinajstić information content (AvgIpc) is 2.41. The lowest BCUT2D eigenvalue weighted by molar-refractivity contribution is -0.0498. The topological polar surface area (TPSA) is 21.3 Å². The van der Waals surface area contributed by atoms with Crippen molar-refractivity contribution in [1.82, 2.24) is 5.32 Å². The van der Waals surface area contributed by atoms with Crippen molar-refractivity contribution in [2.75, 3.05) is 7.05 Å². The summed E-state index contributed by atoms with van der Waals surface area (Å²) in [6.07, 6.45) is 0. The quantitative estimate of drug-likeness (QED) is 0.891. The lowest BCUT2D eigenvalue weighted by Gasteiger charge is -2.18. The summed E-state index contributed by atoms with van der Waals surface area (Å²) in [6.45, 7) is -2.83. The van der Waals surface area contributed by atoms with Gasteiger partial charge in [-0.15, -0.1) is 0 Å². The molecule has 0 spiro atoms. The van der Waals surface area contributed by atoms with Gasteiger partial charge in [0, 0.05) is 5.02 Å². The maximum atomic E-state index is 12.3. The van der Waals surface area contributed by atoms with E-state index in [9.17, 15) is 8.78 Å². The molecule has 0 aliphatic heterocycles. The first-order valence-corrected chi connectivity index (χ1v) is 6.45. The fourth-order valence-corrected chi connectivity index (χ4v) is 2.18. The summed E-state index contributed by atoms with van der Waals surface area (Å²) in [4.78, 5) is 0. The van der Waals surface area contributed by atoms with Crippen LogP contribution in [0.25, 0.3) is 0 Å². The Bertz CT molecular complexity index is 560. The van der Waals surface area contributed by atoms with Crippen LogP contribution >= 0.6 is 11.6 Å². The summed E-state index contributed by atoms with van der Waals surface area (Å²) in [5, 5.41) is 3.80. The van der Waals surface area contributed by atoms with E-state index in [2.05, 4.69) is 10.1 Å². The number of hydrogen-bond donors (Lipinski definition) is 1. The molecule has 0 bridgehead atoms. The maximum absolute atomic E-state index is 12.3. The summed E-state index contributed by atoms with van der Waals surface area (Å²) in [6, 6.07) is 13.9. The summed E-state index contributed by atoms with van der Waals surface area (Å²) < 4.78 is 28.9. The van der Waals surface area contributed by atoms with Gasteiger partial charge in [0.05, 0.1) is 6.04 Å². The Hall–Kier alpha value is -1.65. The highest BCUT2D eigenvalue weighted by molar-refractivity contribution is 6.30. The van der Waals surface area contributed by atoms with Crippen LogP contribution < -0.4 is 10.1 Å². The van der Waals surface area contributed by atoms with Crippen molar-refractivity contribution in [3.63, 3.8) is 0 Å². The standard InChI is InChI=1S/C15H14ClF2NO/c1-19-14(10-5-7-12(16)8-6-10)11-3-2-4-13(9-11)20-15(17)18/h2-9,14-15,19H,1H3. The molecule has 1 atom stereocenters. The Kier molecular flexibility index (Phi) is 4.93. The van der Waals surface area contributed by atoms with Crippen LogP contribution in [0.1, 0.15) is 17.2 Å². The van der Waals surface area contributed by atoms with E-state index < -0.39 is 6.61 Å². The predicted octanol–water partition coefficient (Wildman–Crippen LogP) is 4.25. The predicted molar refractivity (Wildman–Crippen MR) is 75.4 cm³/mol. The van der Waals surface area contributed by atoms with Crippen LogP contribution in [0.4, 0.5) is 8.78 Å². The van der Waals surface area contributed by atoms with Crippen molar-refractivity contribution in [1.29, 1.82) is 0 Å². The van der Waals surface area contributed by atoms with Crippen LogP contribution in [0.15, 0.2) is 48.5 Å². The lowest BCUT2D eigenvalue weighted by Crippen LogP contribution is -2.17. The minimum Gasteiger partial charge on any atom is -0.435 e. The molecule has 0 amide bonds. The number of nitrogens with one attached hydrogen (secondary N) is 1. The molecule has 0 radical (unpaired) electrons. The lowest BCUT2D eigenvalue weighted by atomic mass is 9.99. The maximum Gasteiger partial charge on any atom is 0.387 e. The molecule has 0 heterocycles. The van der Waals surface area contributed by atoms with Gasteiger partial charge < -0.3 is 10.1 Å². The Morgan fingerprint density at radius 1 is 1.05 bits per heavy atom. The van der Waals surface area contributed by atoms with Crippen molar-refractivity contribution >= 4 is 11.6 Å². The zero-order valence-electron chi connectivity index (χ0n) is 10.8. The molecule has 2 aromatic carbocycles. The van der Waals surface area contributed by atoms with Gasteiger partial charge in [-0.3, -0.25) is 0 Å². The van der Waals surface area contributed by atoms with E-state index in [1.807, 2.05) is 18.2 Å². The fraction of sp³-hybridized carbons (Fsp3) is 0.200. The zero-order valence-corrected chi connectivity index (χ0v) is 11.6. The summed E-state index contributed by atoms with van der Waals surface area (Å²) in [5.41, 5.74) is 1.83. The fourth-order valence-electron chi connectivity index (χ4n) is 2.05. The third kappa shape index (κ3) is 3.68. The zero-order chi connectivity index (χ0) is 14.5. The summed E-state index contributed by atoms with van der Waals surface area (Å²) in [7, 11) is 1.81. The largest absolute Gasteiger partial charge is 0.435 e. The smallest absolute Gasteiger partial charge is 0.387 e. The first-order valence-electron chi connectivity index (χ1n) is 6.07. The third-order valence-electron chi connectivity index (χ3n) is 2.91. The van der Waals surface area contributed by atoms with Crippen molar-refractivity contribution in [3.8, 4) is 5.75 Å². The monoisotopic (exact) mass is 297 g/mol. The van der Waals surface area contributed by atoms with E-state index in [-0.39, 0.29) is 11.8 Å². The van der Waals surface area contributed by atoms with E-state index in [0.717, 1.165) is 11.1 Å². The molecule has 2 nitrogen and oxygen atoms in total. The molecule has 0 saturated heterocycles. The first kappa shape index (κ1) is 14.8. The minimum absolute atomic E-state index is 0.117. The van der Waals surface area contributed by atoms with Crippen molar-refractivity contribution < 1.29 is 13.5 Å². The molecule has 0 fully saturated rings. The molecular formula is C15H14ClF2NO. The van der Waals surface area contributed by atoms with Crippen LogP contribution in [0.5, 0.6) is 5.75 Å². The molecule has 0 aromatic heterocycles. The number of halogens is 3. The van der Waals surface area contributed by atoms with Crippen molar-refractivity contribution in [3.05, 3.63) is 64.7 Å². The van der Waals surface area contributed by atoms with Crippen LogP contribution in [-0.4, -0.2) is 13.7 Å². The van der Waals surface area contributed by atoms with Crippen LogP contribution in [0.3, 0.4) is 0 Å². The van der Waals surface area contributed by atoms with E-state index in [1.165, 1.54) is 6.07 Å². The van der Waals surface area contributed by atoms with Gasteiger partial charge in [0.1, 0.15) is 5.75 Å². The number of rotatable bonds is 5. The van der Waals surface area contributed by atoms with Crippen molar-refractivity contribution in [2.24, 2.45) is 0 Å². The van der Waals surface area contributed by atoms with Crippen molar-refractivity contribution in [2.45, 2.75) is 12.7 Å². The van der Waals surface area contributed by atoms with Crippen LogP contribution in [0.2, 0.25) is 5.02 Å². The Morgan fingerprint density at radius 3 is 2.35 bits per heavy atom. The van der Waals surface area contributed by atoms with Gasteiger partial charge in [-0.05, 0) is 42.4 Å². The van der Waals surface area contributed by atoms with Crippen LogP contribution in [-0.2, 0) is 0 Å². The van der Waals surface area contributed by atoms with Gasteiger partial charge in [-0.2, -0.15) is 8.78 Å². The normalized spacial score (nSPS) is 12.4. The first-order chi connectivity index (χ1) is 9.60. The molecule has 1 unspecified atom stereocenters. The molecule has 5 heteroatoms. The van der Waals surface area contributed by atoms with Crippen LogP contribution in [0, 0.1) is 0 Å². The molecule has 1 N–H and O–H groups in total. The van der Waals surface area contributed by atoms with Gasteiger partial charge in [0.2, 0.25) is 0 Å². The van der Waals surface area contributed by atoms with Gasteiger partial charge in [-0.25, -0.2) is 0 Å². The Morgan fingerprint density at radius 2 is 1.75 bits per heavy atom. The van der Waals surface area contributed by atoms with E-state index in [4.69, 9.17) is 11.6 Å². The SMILES string of the molecule is CNC(c1ccc(Cl)cc1)c1cccc(OC(F)F)c1. The molecule has 2 aromatic rings. The Labute approximate surface area is 121 Å². The van der Waals surface area contributed by atoms with E-state index in [1.54, 1.807) is 31.3 Å². The highest BCUT2D eigenvalue weighted by atomic mass is 35.5. The van der Waals surface area contributed by atoms with E-state index in [0.29, 0.717) is 5.02 Å². The molecule has 106 valence electrons. The van der Waals surface area contributed by atoms with Gasteiger partial charge in [0.15, 0.2) is 0 Å². The average molecular weight is 298 g/mol. The number of hydrogen-bond acceptors (Lipinski definition) is 2. The molecular weight excluding hydrogens is 284 g/mol. The minimum atomic E-state index is -2.83. The second-order valence-electron chi connectivity index (χ2n) is 4.22. The summed E-state index contributed by atoms with van der Waals surface area (Å²) >= 11 is 5.86. The number of benzene rings is 2. The van der Waals surface area contributed by atoms with Gasteiger partial charge >= 0.3 is 6.61 Å². The van der Waals surface area contributed by atoms with Gasteiger partial charge in [-0.1, -0.05) is 35.9 Å². The Balaban J connectivity index is 2.29. The molecule has 2 rings (SSSR count). The second-order valence-corrected chi connectivity index (χ2v) is 4.66. The molecule has 0 saturated carbocycles. The van der Waals surface area contributed by atoms with Gasteiger partial charge in [0.25, 0.3) is 0 Å². The number of alkyl halides is 2. The number of ether oxygens (including phenoxy) is 1. The summed E-state index contributed by atoms with van der Waals surface area (Å²) in [5.74, 6) is 0.145. The molecule has 0 aliphatic rings. The third-order valence-corrected chi connectivity index (χ3v) is 3.16.